The quantitative estimate of drug-likeness (QED) is 0.503. The van der Waals surface area contributed by atoms with Crippen molar-refractivity contribution in [2.45, 2.75) is 31.5 Å². The lowest BCUT2D eigenvalue weighted by Crippen LogP contribution is -2.36. The van der Waals surface area contributed by atoms with Gasteiger partial charge in [-0.3, -0.25) is 9.36 Å². The van der Waals surface area contributed by atoms with Crippen LogP contribution in [-0.4, -0.2) is 54.8 Å². The van der Waals surface area contributed by atoms with Crippen molar-refractivity contribution in [1.82, 2.24) is 14.5 Å². The Labute approximate surface area is 123 Å². The molecule has 0 radical (unpaired) electrons. The fourth-order valence-corrected chi connectivity index (χ4v) is 2.49. The van der Waals surface area contributed by atoms with Crippen LogP contribution in [0.5, 0.6) is 0 Å². The molecule has 1 aliphatic rings. The molecule has 9 nitrogen and oxygen atoms in total. The summed E-state index contributed by atoms with van der Waals surface area (Å²) in [7, 11) is 0. The molecule has 2 aromatic heterocycles. The van der Waals surface area contributed by atoms with Crippen LogP contribution in [0.4, 0.5) is 0 Å². The van der Waals surface area contributed by atoms with Gasteiger partial charge in [0.05, 0.1) is 12.0 Å². The topological polar surface area (TPSA) is 138 Å². The van der Waals surface area contributed by atoms with Crippen LogP contribution in [0.1, 0.15) is 11.8 Å². The van der Waals surface area contributed by atoms with Crippen molar-refractivity contribution in [3.63, 3.8) is 0 Å². The highest BCUT2D eigenvalue weighted by Crippen LogP contribution is 2.28. The molecule has 0 spiro atoms. The van der Waals surface area contributed by atoms with Crippen LogP contribution in [0.15, 0.2) is 22.0 Å². The predicted octanol–water partition coefficient (Wildman–Crippen LogP) is -2.00. The third kappa shape index (κ3) is 2.15. The summed E-state index contributed by atoms with van der Waals surface area (Å²) in [4.78, 5) is 30.7. The van der Waals surface area contributed by atoms with Gasteiger partial charge in [0, 0.05) is 18.0 Å². The molecule has 0 saturated carbocycles. The minimum Gasteiger partial charge on any atom is -0.394 e. The molecule has 4 unspecified atom stereocenters. The van der Waals surface area contributed by atoms with Gasteiger partial charge in [-0.15, -0.1) is 0 Å². The van der Waals surface area contributed by atoms with E-state index in [1.807, 2.05) is 0 Å². The lowest BCUT2D eigenvalue weighted by Gasteiger charge is -2.17. The number of ether oxygens (including phenoxy) is 1. The van der Waals surface area contributed by atoms with Gasteiger partial charge >= 0.3 is 5.69 Å². The van der Waals surface area contributed by atoms with Crippen LogP contribution in [-0.2, 0) is 4.74 Å². The standard InChI is InChI=1S/C13H15N3O6/c1-5-2-14-11-6(8(5)18)3-16(13(21)15-11)12-10(20)9(19)7(4-17)22-12/h2-3,7,9-10,12,17,19-20H,4H2,1H3,(H,14,15,21). The van der Waals surface area contributed by atoms with E-state index < -0.39 is 36.8 Å². The number of H-pyrrole nitrogens is 1. The van der Waals surface area contributed by atoms with Gasteiger partial charge < -0.3 is 25.0 Å². The summed E-state index contributed by atoms with van der Waals surface area (Å²) in [6, 6.07) is 0. The van der Waals surface area contributed by atoms with E-state index in [4.69, 9.17) is 9.84 Å². The summed E-state index contributed by atoms with van der Waals surface area (Å²) < 4.78 is 6.23. The SMILES string of the molecule is Cc1c[nH]c2nc(=O)n(C3OC(CO)C(O)C3O)cc2c1=O. The van der Waals surface area contributed by atoms with Gasteiger partial charge in [0.1, 0.15) is 24.0 Å². The molecule has 9 heteroatoms. The zero-order valence-electron chi connectivity index (χ0n) is 11.6. The van der Waals surface area contributed by atoms with Gasteiger partial charge in [0.15, 0.2) is 11.7 Å². The first-order valence-electron chi connectivity index (χ1n) is 6.67. The summed E-state index contributed by atoms with van der Waals surface area (Å²) >= 11 is 0. The lowest BCUT2D eigenvalue weighted by molar-refractivity contribution is -0.0547. The Bertz CT molecular complexity index is 829. The number of aromatic nitrogens is 3. The normalized spacial score (nSPS) is 28.4. The number of aliphatic hydroxyl groups is 3. The second-order valence-corrected chi connectivity index (χ2v) is 5.22. The van der Waals surface area contributed by atoms with E-state index in [1.165, 1.54) is 12.4 Å². The lowest BCUT2D eigenvalue weighted by atomic mass is 10.1. The van der Waals surface area contributed by atoms with Crippen molar-refractivity contribution in [2.75, 3.05) is 6.61 Å². The molecular formula is C13H15N3O6. The van der Waals surface area contributed by atoms with Crippen LogP contribution in [0.3, 0.4) is 0 Å². The smallest absolute Gasteiger partial charge is 0.351 e. The summed E-state index contributed by atoms with van der Waals surface area (Å²) in [5.74, 6) is 0. The zero-order valence-corrected chi connectivity index (χ0v) is 11.6. The maximum Gasteiger partial charge on any atom is 0.351 e. The number of aliphatic hydroxyl groups excluding tert-OH is 3. The highest BCUT2D eigenvalue weighted by Gasteiger charge is 2.43. The van der Waals surface area contributed by atoms with Gasteiger partial charge in [0.2, 0.25) is 0 Å². The van der Waals surface area contributed by atoms with Crippen molar-refractivity contribution in [3.05, 3.63) is 38.7 Å². The Kier molecular flexibility index (Phi) is 3.57. The van der Waals surface area contributed by atoms with E-state index in [-0.39, 0.29) is 16.5 Å². The first-order valence-corrected chi connectivity index (χ1v) is 6.67. The summed E-state index contributed by atoms with van der Waals surface area (Å²) in [5, 5.41) is 29.0. The number of rotatable bonds is 2. The Balaban J connectivity index is 2.16. The first kappa shape index (κ1) is 14.9. The predicted molar refractivity (Wildman–Crippen MR) is 74.4 cm³/mol. The molecule has 4 atom stereocenters. The largest absolute Gasteiger partial charge is 0.394 e. The Hall–Kier alpha value is -2.07. The second-order valence-electron chi connectivity index (χ2n) is 5.22. The molecule has 3 rings (SSSR count). The van der Waals surface area contributed by atoms with Crippen molar-refractivity contribution in [2.24, 2.45) is 0 Å². The van der Waals surface area contributed by atoms with Gasteiger partial charge in [-0.2, -0.15) is 4.98 Å². The molecule has 1 saturated heterocycles. The van der Waals surface area contributed by atoms with E-state index in [2.05, 4.69) is 9.97 Å². The average molecular weight is 309 g/mol. The van der Waals surface area contributed by atoms with Crippen LogP contribution in [0, 0.1) is 6.92 Å². The molecule has 4 N–H and O–H groups in total. The van der Waals surface area contributed by atoms with Gasteiger partial charge in [-0.25, -0.2) is 4.79 Å². The van der Waals surface area contributed by atoms with Crippen LogP contribution in [0.2, 0.25) is 0 Å². The molecule has 2 aromatic rings. The second kappa shape index (κ2) is 5.29. The van der Waals surface area contributed by atoms with E-state index in [0.717, 1.165) is 4.57 Å². The molecule has 1 aliphatic heterocycles. The Morgan fingerprint density at radius 2 is 2.09 bits per heavy atom. The molecule has 0 bridgehead atoms. The monoisotopic (exact) mass is 309 g/mol. The zero-order chi connectivity index (χ0) is 16.0. The minimum absolute atomic E-state index is 0.128. The number of aryl methyl sites for hydroxylation is 1. The maximum atomic E-state index is 12.1. The summed E-state index contributed by atoms with van der Waals surface area (Å²) in [6.07, 6.45) is -2.31. The minimum atomic E-state index is -1.42. The Morgan fingerprint density at radius 1 is 1.36 bits per heavy atom. The molecule has 3 heterocycles. The highest BCUT2D eigenvalue weighted by atomic mass is 16.6. The van der Waals surface area contributed by atoms with Gasteiger partial charge in [-0.05, 0) is 6.92 Å². The number of nitrogens with one attached hydrogen (secondary N) is 1. The number of fused-ring (bicyclic) bond motifs is 1. The molecule has 0 aromatic carbocycles. The third-order valence-electron chi connectivity index (χ3n) is 3.77. The van der Waals surface area contributed by atoms with E-state index in [0.29, 0.717) is 5.56 Å². The van der Waals surface area contributed by atoms with E-state index in [1.54, 1.807) is 6.92 Å². The van der Waals surface area contributed by atoms with Crippen LogP contribution in [0.25, 0.3) is 11.0 Å². The molecule has 0 aliphatic carbocycles. The van der Waals surface area contributed by atoms with Crippen molar-refractivity contribution >= 4 is 11.0 Å². The Morgan fingerprint density at radius 3 is 2.73 bits per heavy atom. The van der Waals surface area contributed by atoms with Gasteiger partial charge in [-0.1, -0.05) is 0 Å². The third-order valence-corrected chi connectivity index (χ3v) is 3.77. The van der Waals surface area contributed by atoms with Crippen molar-refractivity contribution in [1.29, 1.82) is 0 Å². The molecule has 118 valence electrons. The van der Waals surface area contributed by atoms with E-state index in [9.17, 15) is 19.8 Å². The highest BCUT2D eigenvalue weighted by molar-refractivity contribution is 5.73. The van der Waals surface area contributed by atoms with Crippen molar-refractivity contribution in [3.8, 4) is 0 Å². The number of nitrogens with zero attached hydrogens (tertiary/aromatic N) is 2. The summed E-state index contributed by atoms with van der Waals surface area (Å²) in [6.45, 7) is 1.10. The fraction of sp³-hybridized carbons (Fsp3) is 0.462. The molecule has 0 amide bonds. The van der Waals surface area contributed by atoms with Crippen LogP contribution >= 0.6 is 0 Å². The van der Waals surface area contributed by atoms with Gasteiger partial charge in [0.25, 0.3) is 0 Å². The molecule has 1 fully saturated rings. The number of pyridine rings is 1. The molecular weight excluding hydrogens is 294 g/mol. The van der Waals surface area contributed by atoms with Crippen molar-refractivity contribution < 1.29 is 20.1 Å². The fourth-order valence-electron chi connectivity index (χ4n) is 2.49. The molecule has 22 heavy (non-hydrogen) atoms. The first-order chi connectivity index (χ1) is 10.4. The average Bonchev–Trinajstić information content (AvgIpc) is 2.79. The van der Waals surface area contributed by atoms with Crippen LogP contribution < -0.4 is 11.1 Å². The maximum absolute atomic E-state index is 12.1. The number of aromatic amines is 1. The number of hydrogen-bond donors (Lipinski definition) is 4. The number of hydrogen-bond acceptors (Lipinski definition) is 7. The summed E-state index contributed by atoms with van der Waals surface area (Å²) in [5.41, 5.74) is -0.479. The van der Waals surface area contributed by atoms with E-state index >= 15 is 0 Å².